The highest BCUT2D eigenvalue weighted by Gasteiger charge is 2.04. The summed E-state index contributed by atoms with van der Waals surface area (Å²) in [6, 6.07) is 9.38. The van der Waals surface area contributed by atoms with E-state index >= 15 is 0 Å². The zero-order valence-corrected chi connectivity index (χ0v) is 13.4. The summed E-state index contributed by atoms with van der Waals surface area (Å²) in [6.07, 6.45) is 0. The van der Waals surface area contributed by atoms with E-state index in [-0.39, 0.29) is 5.97 Å². The van der Waals surface area contributed by atoms with Crippen molar-refractivity contribution >= 4 is 23.3 Å². The van der Waals surface area contributed by atoms with Crippen molar-refractivity contribution in [2.45, 2.75) is 13.1 Å². The Morgan fingerprint density at radius 1 is 1.14 bits per heavy atom. The van der Waals surface area contributed by atoms with Crippen molar-refractivity contribution in [2.24, 2.45) is 4.99 Å². The van der Waals surface area contributed by atoms with E-state index < -0.39 is 0 Å². The van der Waals surface area contributed by atoms with Crippen LogP contribution in [0.1, 0.15) is 21.5 Å². The molecule has 1 heterocycles. The fourth-order valence-corrected chi connectivity index (χ4v) is 2.53. The van der Waals surface area contributed by atoms with Crippen LogP contribution in [-0.4, -0.2) is 26.1 Å². The molecule has 6 heteroatoms. The third-order valence-electron chi connectivity index (χ3n) is 3.10. The Hall–Kier alpha value is -2.34. The highest BCUT2D eigenvalue weighted by Crippen LogP contribution is 2.06. The Balaban J connectivity index is 1.84. The van der Waals surface area contributed by atoms with Crippen LogP contribution in [0.25, 0.3) is 0 Å². The highest BCUT2D eigenvalue weighted by molar-refractivity contribution is 7.07. The number of nitrogens with zero attached hydrogens (tertiary/aromatic N) is 1. The van der Waals surface area contributed by atoms with Crippen LogP contribution < -0.4 is 10.6 Å². The molecule has 0 spiro atoms. The topological polar surface area (TPSA) is 62.7 Å². The molecule has 116 valence electrons. The summed E-state index contributed by atoms with van der Waals surface area (Å²) in [4.78, 5) is 15.6. The van der Waals surface area contributed by atoms with Gasteiger partial charge in [0.15, 0.2) is 5.96 Å². The first-order chi connectivity index (χ1) is 10.7. The molecule has 0 saturated heterocycles. The van der Waals surface area contributed by atoms with Crippen LogP contribution in [0.4, 0.5) is 0 Å². The second-order valence-electron chi connectivity index (χ2n) is 4.60. The van der Waals surface area contributed by atoms with Gasteiger partial charge in [-0.1, -0.05) is 12.1 Å². The van der Waals surface area contributed by atoms with E-state index in [4.69, 9.17) is 0 Å². The normalized spacial score (nSPS) is 11.1. The lowest BCUT2D eigenvalue weighted by Gasteiger charge is -2.11. The molecule has 0 fully saturated rings. The third-order valence-corrected chi connectivity index (χ3v) is 3.83. The van der Waals surface area contributed by atoms with Crippen LogP contribution in [-0.2, 0) is 17.8 Å². The van der Waals surface area contributed by atoms with Gasteiger partial charge in [0.2, 0.25) is 0 Å². The third kappa shape index (κ3) is 4.60. The quantitative estimate of drug-likeness (QED) is 0.505. The fraction of sp³-hybridized carbons (Fsp3) is 0.250. The highest BCUT2D eigenvalue weighted by atomic mass is 32.1. The lowest BCUT2D eigenvalue weighted by atomic mass is 10.1. The lowest BCUT2D eigenvalue weighted by molar-refractivity contribution is 0.0600. The van der Waals surface area contributed by atoms with E-state index in [1.807, 2.05) is 12.1 Å². The van der Waals surface area contributed by atoms with Gasteiger partial charge in [0.25, 0.3) is 0 Å². The number of hydrogen-bond acceptors (Lipinski definition) is 4. The predicted molar refractivity (Wildman–Crippen MR) is 89.1 cm³/mol. The first-order valence-electron chi connectivity index (χ1n) is 6.85. The number of methoxy groups -OCH3 is 1. The smallest absolute Gasteiger partial charge is 0.337 e. The number of guanidine groups is 1. The largest absolute Gasteiger partial charge is 0.465 e. The number of thiophene rings is 1. The maximum atomic E-state index is 11.4. The van der Waals surface area contributed by atoms with Crippen LogP contribution in [0, 0.1) is 0 Å². The molecule has 5 nitrogen and oxygen atoms in total. The number of nitrogens with one attached hydrogen (secondary N) is 2. The molecular weight excluding hydrogens is 298 g/mol. The molecule has 1 aromatic carbocycles. The number of esters is 1. The summed E-state index contributed by atoms with van der Waals surface area (Å²) in [5.74, 6) is 0.413. The van der Waals surface area contributed by atoms with Gasteiger partial charge in [0, 0.05) is 20.1 Å². The number of hydrogen-bond donors (Lipinski definition) is 2. The van der Waals surface area contributed by atoms with E-state index in [0.717, 1.165) is 18.1 Å². The summed E-state index contributed by atoms with van der Waals surface area (Å²) in [6.45, 7) is 1.37. The molecule has 0 unspecified atom stereocenters. The van der Waals surface area contributed by atoms with Crippen LogP contribution >= 0.6 is 11.3 Å². The number of ether oxygens (including phenoxy) is 1. The molecule has 1 aromatic heterocycles. The summed E-state index contributed by atoms with van der Waals surface area (Å²) >= 11 is 1.68. The Labute approximate surface area is 134 Å². The first kappa shape index (κ1) is 16.0. The van der Waals surface area contributed by atoms with E-state index in [9.17, 15) is 4.79 Å². The average molecular weight is 317 g/mol. The van der Waals surface area contributed by atoms with Gasteiger partial charge in [-0.05, 0) is 40.1 Å². The SMILES string of the molecule is CN=C(NCc1ccc(C(=O)OC)cc1)NCc1ccsc1. The van der Waals surface area contributed by atoms with Gasteiger partial charge >= 0.3 is 5.97 Å². The minimum atomic E-state index is -0.326. The van der Waals surface area contributed by atoms with Crippen LogP contribution in [0.2, 0.25) is 0 Å². The minimum Gasteiger partial charge on any atom is -0.465 e. The molecule has 0 aliphatic heterocycles. The maximum absolute atomic E-state index is 11.4. The maximum Gasteiger partial charge on any atom is 0.337 e. The van der Waals surface area contributed by atoms with Gasteiger partial charge in [0.1, 0.15) is 0 Å². The molecule has 0 aliphatic rings. The van der Waals surface area contributed by atoms with Crippen molar-refractivity contribution < 1.29 is 9.53 Å². The summed E-state index contributed by atoms with van der Waals surface area (Å²) in [5, 5.41) is 10.6. The molecule has 0 amide bonds. The molecule has 0 radical (unpaired) electrons. The predicted octanol–water partition coefficient (Wildman–Crippen LogP) is 2.40. The van der Waals surface area contributed by atoms with Crippen molar-refractivity contribution in [2.75, 3.05) is 14.2 Å². The second-order valence-corrected chi connectivity index (χ2v) is 5.38. The van der Waals surface area contributed by atoms with Gasteiger partial charge in [-0.15, -0.1) is 0 Å². The van der Waals surface area contributed by atoms with Crippen LogP contribution in [0.5, 0.6) is 0 Å². The molecule has 2 N–H and O–H groups in total. The lowest BCUT2D eigenvalue weighted by Crippen LogP contribution is -2.36. The van der Waals surface area contributed by atoms with E-state index in [1.54, 1.807) is 30.5 Å². The standard InChI is InChI=1S/C16H19N3O2S/c1-17-16(19-10-13-7-8-22-11-13)18-9-12-3-5-14(6-4-12)15(20)21-2/h3-8,11H,9-10H2,1-2H3,(H2,17,18,19). The molecule has 0 saturated carbocycles. The summed E-state index contributed by atoms with van der Waals surface area (Å²) in [7, 11) is 3.12. The zero-order valence-electron chi connectivity index (χ0n) is 12.6. The Bertz CT molecular complexity index is 621. The summed E-state index contributed by atoms with van der Waals surface area (Å²) < 4.78 is 4.68. The fourth-order valence-electron chi connectivity index (χ4n) is 1.86. The number of aliphatic imine (C=N–C) groups is 1. The molecule has 0 bridgehead atoms. The van der Waals surface area contributed by atoms with Crippen molar-refractivity contribution in [3.8, 4) is 0 Å². The zero-order chi connectivity index (χ0) is 15.8. The minimum absolute atomic E-state index is 0.326. The number of carbonyl (C=O) groups excluding carboxylic acids is 1. The Morgan fingerprint density at radius 2 is 1.82 bits per heavy atom. The Kier molecular flexibility index (Phi) is 5.97. The van der Waals surface area contributed by atoms with E-state index in [1.165, 1.54) is 12.7 Å². The molecule has 2 rings (SSSR count). The van der Waals surface area contributed by atoms with Gasteiger partial charge in [0.05, 0.1) is 12.7 Å². The van der Waals surface area contributed by atoms with Crippen molar-refractivity contribution in [3.05, 3.63) is 57.8 Å². The Morgan fingerprint density at radius 3 is 2.36 bits per heavy atom. The molecular formula is C16H19N3O2S. The van der Waals surface area contributed by atoms with Gasteiger partial charge in [-0.25, -0.2) is 4.79 Å². The molecule has 0 aliphatic carbocycles. The second kappa shape index (κ2) is 8.19. The average Bonchev–Trinajstić information content (AvgIpc) is 3.08. The number of rotatable bonds is 5. The van der Waals surface area contributed by atoms with Gasteiger partial charge in [-0.2, -0.15) is 11.3 Å². The van der Waals surface area contributed by atoms with Crippen LogP contribution in [0.3, 0.4) is 0 Å². The number of carbonyl (C=O) groups is 1. The summed E-state index contributed by atoms with van der Waals surface area (Å²) in [5.41, 5.74) is 2.84. The van der Waals surface area contributed by atoms with E-state index in [0.29, 0.717) is 12.1 Å². The number of benzene rings is 1. The van der Waals surface area contributed by atoms with E-state index in [2.05, 4.69) is 37.2 Å². The van der Waals surface area contributed by atoms with Gasteiger partial charge in [-0.3, -0.25) is 4.99 Å². The van der Waals surface area contributed by atoms with Crippen molar-refractivity contribution in [1.29, 1.82) is 0 Å². The molecule has 2 aromatic rings. The molecule has 22 heavy (non-hydrogen) atoms. The van der Waals surface area contributed by atoms with Crippen molar-refractivity contribution in [3.63, 3.8) is 0 Å². The van der Waals surface area contributed by atoms with Crippen molar-refractivity contribution in [1.82, 2.24) is 10.6 Å². The van der Waals surface area contributed by atoms with Crippen LogP contribution in [0.15, 0.2) is 46.1 Å². The molecule has 0 atom stereocenters. The van der Waals surface area contributed by atoms with Gasteiger partial charge < -0.3 is 15.4 Å². The first-order valence-corrected chi connectivity index (χ1v) is 7.80. The monoisotopic (exact) mass is 317 g/mol.